The van der Waals surface area contributed by atoms with Crippen LogP contribution in [0.5, 0.6) is 0 Å². The van der Waals surface area contributed by atoms with E-state index in [4.69, 9.17) is 5.11 Å². The third-order valence-corrected chi connectivity index (χ3v) is 7.47. The van der Waals surface area contributed by atoms with Gasteiger partial charge in [-0.3, -0.25) is 4.79 Å². The third-order valence-electron chi connectivity index (χ3n) is 7.47. The number of hydrogen-bond acceptors (Lipinski definition) is 4. The van der Waals surface area contributed by atoms with Crippen LogP contribution in [0.1, 0.15) is 60.3 Å². The van der Waals surface area contributed by atoms with Gasteiger partial charge in [-0.05, 0) is 54.6 Å². The van der Waals surface area contributed by atoms with Gasteiger partial charge in [-0.2, -0.15) is 0 Å². The Labute approximate surface area is 179 Å². The molecule has 0 spiro atoms. The van der Waals surface area contributed by atoms with E-state index in [1.54, 1.807) is 0 Å². The molecule has 0 unspecified atom stereocenters. The molecule has 0 atom stereocenters. The lowest BCUT2D eigenvalue weighted by Crippen LogP contribution is -2.43. The minimum absolute atomic E-state index is 0.0266. The number of aliphatic hydroxyl groups excluding tert-OH is 1. The quantitative estimate of drug-likeness (QED) is 0.807. The Kier molecular flexibility index (Phi) is 5.48. The fraction of sp³-hybridized carbons (Fsp3) is 0.500. The normalized spacial score (nSPS) is 27.9. The zero-order valence-electron chi connectivity index (χ0n) is 17.6. The summed E-state index contributed by atoms with van der Waals surface area (Å²) in [5.74, 6) is 0.990. The molecule has 0 radical (unpaired) electrons. The Morgan fingerprint density at radius 3 is 2.03 bits per heavy atom. The van der Waals surface area contributed by atoms with E-state index < -0.39 is 0 Å². The second-order valence-electron chi connectivity index (χ2n) is 9.31. The Morgan fingerprint density at radius 2 is 1.50 bits per heavy atom. The van der Waals surface area contributed by atoms with Crippen LogP contribution in [0.3, 0.4) is 0 Å². The van der Waals surface area contributed by atoms with Gasteiger partial charge in [0.2, 0.25) is 0 Å². The van der Waals surface area contributed by atoms with E-state index in [9.17, 15) is 4.79 Å². The molecule has 30 heavy (non-hydrogen) atoms. The first-order valence-corrected chi connectivity index (χ1v) is 11.5. The van der Waals surface area contributed by atoms with Crippen molar-refractivity contribution in [3.8, 4) is 0 Å². The molecule has 2 aliphatic carbocycles. The highest BCUT2D eigenvalue weighted by Gasteiger charge is 2.53. The predicted octanol–water partition coefficient (Wildman–Crippen LogP) is 3.22. The standard InChI is InChI=1S/C21H21NO.C5H11NO/c23-15-9-11-22(12-10-15)14-21-13-18(16-5-1-3-7-19(16)21)17-6-2-4-8-20(17)21;7-5-1-3-6-4-2-5/h1-8,18H,9-14H2;5-7H,1-4H2. The zero-order chi connectivity index (χ0) is 20.6. The summed E-state index contributed by atoms with van der Waals surface area (Å²) in [4.78, 5) is 14.1. The number of carbonyl (C=O) groups is 1. The molecular weight excluding hydrogens is 372 g/mol. The molecule has 4 aliphatic rings. The van der Waals surface area contributed by atoms with Crippen molar-refractivity contribution < 1.29 is 9.90 Å². The average molecular weight is 405 g/mol. The van der Waals surface area contributed by atoms with Crippen molar-refractivity contribution in [1.29, 1.82) is 0 Å². The maximum absolute atomic E-state index is 11.6. The van der Waals surface area contributed by atoms with Crippen molar-refractivity contribution >= 4 is 5.78 Å². The number of fused-ring (bicyclic) bond motifs is 8. The van der Waals surface area contributed by atoms with Crippen LogP contribution in [-0.2, 0) is 10.2 Å². The highest BCUT2D eigenvalue weighted by molar-refractivity contribution is 5.79. The molecule has 0 aromatic heterocycles. The first kappa shape index (κ1) is 19.9. The van der Waals surface area contributed by atoms with Crippen molar-refractivity contribution in [3.05, 3.63) is 70.8 Å². The van der Waals surface area contributed by atoms with Crippen LogP contribution in [0.25, 0.3) is 0 Å². The van der Waals surface area contributed by atoms with Crippen molar-refractivity contribution in [2.45, 2.75) is 49.5 Å². The summed E-state index contributed by atoms with van der Waals surface area (Å²) < 4.78 is 0. The molecule has 2 aliphatic heterocycles. The van der Waals surface area contributed by atoms with E-state index in [1.807, 2.05) is 0 Å². The van der Waals surface area contributed by atoms with Gasteiger partial charge in [0.25, 0.3) is 0 Å². The third kappa shape index (κ3) is 3.51. The number of nitrogens with zero attached hydrogens (tertiary/aromatic N) is 1. The minimum Gasteiger partial charge on any atom is -0.393 e. The Morgan fingerprint density at radius 1 is 0.933 bits per heavy atom. The van der Waals surface area contributed by atoms with Crippen LogP contribution in [0.2, 0.25) is 0 Å². The predicted molar refractivity (Wildman–Crippen MR) is 119 cm³/mol. The van der Waals surface area contributed by atoms with E-state index in [0.29, 0.717) is 11.7 Å². The number of ketones is 1. The SMILES string of the molecule is O=C1CCN(CC23CC(c4ccccc42)c2ccccc23)CC1.OC1CCNCC1. The molecule has 2 fully saturated rings. The van der Waals surface area contributed by atoms with Crippen LogP contribution < -0.4 is 5.32 Å². The van der Waals surface area contributed by atoms with Gasteiger partial charge in [-0.15, -0.1) is 0 Å². The van der Waals surface area contributed by atoms with Crippen molar-refractivity contribution in [3.63, 3.8) is 0 Å². The van der Waals surface area contributed by atoms with Crippen LogP contribution >= 0.6 is 0 Å². The molecule has 6 rings (SSSR count). The van der Waals surface area contributed by atoms with Crippen LogP contribution in [0.4, 0.5) is 0 Å². The number of piperidine rings is 2. The molecule has 0 amide bonds. The van der Waals surface area contributed by atoms with Gasteiger partial charge in [0.15, 0.2) is 0 Å². The second-order valence-corrected chi connectivity index (χ2v) is 9.31. The Bertz CT molecular complexity index is 861. The maximum Gasteiger partial charge on any atom is 0.135 e. The lowest BCUT2D eigenvalue weighted by atomic mass is 9.74. The van der Waals surface area contributed by atoms with Crippen molar-refractivity contribution in [2.24, 2.45) is 0 Å². The molecule has 2 bridgehead atoms. The van der Waals surface area contributed by atoms with Crippen molar-refractivity contribution in [1.82, 2.24) is 10.2 Å². The number of benzene rings is 2. The maximum atomic E-state index is 11.6. The lowest BCUT2D eigenvalue weighted by molar-refractivity contribution is -0.121. The van der Waals surface area contributed by atoms with Gasteiger partial charge in [-0.25, -0.2) is 0 Å². The molecule has 4 nitrogen and oxygen atoms in total. The van der Waals surface area contributed by atoms with E-state index >= 15 is 0 Å². The highest BCUT2D eigenvalue weighted by atomic mass is 16.3. The van der Waals surface area contributed by atoms with E-state index in [1.165, 1.54) is 28.7 Å². The molecule has 2 aromatic rings. The van der Waals surface area contributed by atoms with E-state index in [2.05, 4.69) is 58.7 Å². The summed E-state index contributed by atoms with van der Waals surface area (Å²) in [5, 5.41) is 12.0. The summed E-state index contributed by atoms with van der Waals surface area (Å²) in [7, 11) is 0. The fourth-order valence-electron chi connectivity index (χ4n) is 5.96. The van der Waals surface area contributed by atoms with Gasteiger partial charge in [0.05, 0.1) is 6.10 Å². The molecule has 2 heterocycles. The Balaban J connectivity index is 0.000000236. The minimum atomic E-state index is -0.0266. The van der Waals surface area contributed by atoms with Crippen LogP contribution in [-0.4, -0.2) is 54.6 Å². The highest BCUT2D eigenvalue weighted by Crippen LogP contribution is 2.60. The number of Topliss-reactive ketones (excluding diaryl/α,β-unsaturated/α-hetero) is 1. The number of aliphatic hydroxyl groups is 1. The van der Waals surface area contributed by atoms with Crippen LogP contribution in [0, 0.1) is 0 Å². The zero-order valence-corrected chi connectivity index (χ0v) is 17.6. The molecule has 2 aromatic carbocycles. The van der Waals surface area contributed by atoms with Gasteiger partial charge >= 0.3 is 0 Å². The average Bonchev–Trinajstić information content (AvgIpc) is 3.29. The van der Waals surface area contributed by atoms with Gasteiger partial charge in [-0.1, -0.05) is 48.5 Å². The van der Waals surface area contributed by atoms with Crippen LogP contribution in [0.15, 0.2) is 48.5 Å². The number of hydrogen-bond donors (Lipinski definition) is 2. The summed E-state index contributed by atoms with van der Waals surface area (Å²) in [5.41, 5.74) is 6.25. The first-order chi connectivity index (χ1) is 14.7. The molecule has 2 saturated heterocycles. The molecule has 0 saturated carbocycles. The summed E-state index contributed by atoms with van der Waals surface area (Å²) >= 11 is 0. The smallest absolute Gasteiger partial charge is 0.135 e. The monoisotopic (exact) mass is 404 g/mol. The summed E-state index contributed by atoms with van der Waals surface area (Å²) in [6, 6.07) is 18.0. The molecular formula is C26H32N2O2. The fourth-order valence-corrected chi connectivity index (χ4v) is 5.96. The Hall–Kier alpha value is -2.01. The van der Waals surface area contributed by atoms with Gasteiger partial charge in [0.1, 0.15) is 5.78 Å². The van der Waals surface area contributed by atoms with Crippen molar-refractivity contribution in [2.75, 3.05) is 32.7 Å². The van der Waals surface area contributed by atoms with Gasteiger partial charge < -0.3 is 15.3 Å². The lowest BCUT2D eigenvalue weighted by Gasteiger charge is -2.38. The summed E-state index contributed by atoms with van der Waals surface area (Å²) in [6.45, 7) is 4.89. The molecule has 158 valence electrons. The molecule has 2 N–H and O–H groups in total. The second kappa shape index (κ2) is 8.26. The molecule has 4 heteroatoms. The topological polar surface area (TPSA) is 52.6 Å². The largest absolute Gasteiger partial charge is 0.393 e. The van der Waals surface area contributed by atoms with Gasteiger partial charge in [0, 0.05) is 43.8 Å². The number of rotatable bonds is 2. The number of likely N-dealkylation sites (tertiary alicyclic amines) is 1. The number of carbonyl (C=O) groups excluding carboxylic acids is 1. The summed E-state index contributed by atoms with van der Waals surface area (Å²) in [6.07, 6.45) is 4.49. The van der Waals surface area contributed by atoms with E-state index in [0.717, 1.165) is 58.4 Å². The number of nitrogens with one attached hydrogen (secondary N) is 1. The first-order valence-electron chi connectivity index (χ1n) is 11.5. The van der Waals surface area contributed by atoms with E-state index in [-0.39, 0.29) is 11.5 Å².